The first-order valence-corrected chi connectivity index (χ1v) is 5.57. The van der Waals surface area contributed by atoms with Gasteiger partial charge < -0.3 is 0 Å². The van der Waals surface area contributed by atoms with E-state index in [0.29, 0.717) is 6.04 Å². The summed E-state index contributed by atoms with van der Waals surface area (Å²) in [6, 6.07) is 0.539. The number of aliphatic imine (C=N–C) groups is 1. The number of allylic oxidation sites excluding steroid dienone is 1. The third-order valence-corrected chi connectivity index (χ3v) is 3.38. The largest absolute Gasteiger partial charge is 0.286 e. The van der Waals surface area contributed by atoms with Gasteiger partial charge in [-0.3, -0.25) is 4.99 Å². The van der Waals surface area contributed by atoms with Gasteiger partial charge in [0.1, 0.15) is 0 Å². The number of rotatable bonds is 2. The summed E-state index contributed by atoms with van der Waals surface area (Å²) in [5, 5.41) is 0. The van der Waals surface area contributed by atoms with Crippen molar-refractivity contribution in [1.29, 1.82) is 0 Å². The zero-order valence-electron chi connectivity index (χ0n) is 10.2. The second kappa shape index (κ2) is 3.88. The lowest BCUT2D eigenvalue weighted by atomic mass is 9.71. The van der Waals surface area contributed by atoms with E-state index in [9.17, 15) is 0 Å². The average molecular weight is 193 g/mol. The Morgan fingerprint density at radius 3 is 2.21 bits per heavy atom. The second-order valence-corrected chi connectivity index (χ2v) is 5.61. The van der Waals surface area contributed by atoms with E-state index in [0.717, 1.165) is 17.5 Å². The minimum Gasteiger partial charge on any atom is -0.286 e. The van der Waals surface area contributed by atoms with Crippen LogP contribution in [0.4, 0.5) is 0 Å². The summed E-state index contributed by atoms with van der Waals surface area (Å²) in [6.07, 6.45) is 3.16. The molecule has 1 unspecified atom stereocenters. The summed E-state index contributed by atoms with van der Waals surface area (Å²) in [5.41, 5.74) is 1.29. The average Bonchev–Trinajstić information content (AvgIpc) is 2.09. The summed E-state index contributed by atoms with van der Waals surface area (Å²) < 4.78 is 0. The monoisotopic (exact) mass is 193 g/mol. The molecule has 3 atom stereocenters. The molecule has 0 amide bonds. The maximum Gasteiger partial charge on any atom is 0.0533 e. The molecule has 0 bridgehead atoms. The molecule has 0 spiro atoms. The standard InChI is InChI=1S/C13H23N/c1-7-12(13(4,5)6)14-11-8-9(2)10(11)3/h7,9-11H,1,8H2,2-6H3/b14-12+/t9-,10?,11-/m1/s1. The lowest BCUT2D eigenvalue weighted by molar-refractivity contribution is 0.174. The lowest BCUT2D eigenvalue weighted by Crippen LogP contribution is -2.37. The van der Waals surface area contributed by atoms with Crippen LogP contribution in [0.5, 0.6) is 0 Å². The van der Waals surface area contributed by atoms with E-state index in [-0.39, 0.29) is 5.41 Å². The predicted octanol–water partition coefficient (Wildman–Crippen LogP) is 3.70. The first-order chi connectivity index (χ1) is 6.36. The zero-order chi connectivity index (χ0) is 10.9. The van der Waals surface area contributed by atoms with Crippen molar-refractivity contribution in [2.45, 2.75) is 47.1 Å². The van der Waals surface area contributed by atoms with Crippen molar-refractivity contribution in [2.75, 3.05) is 0 Å². The Morgan fingerprint density at radius 1 is 1.36 bits per heavy atom. The van der Waals surface area contributed by atoms with Crippen molar-refractivity contribution < 1.29 is 0 Å². The van der Waals surface area contributed by atoms with E-state index in [1.165, 1.54) is 6.42 Å². The van der Waals surface area contributed by atoms with Gasteiger partial charge in [0, 0.05) is 11.1 Å². The third kappa shape index (κ3) is 2.26. The molecule has 0 aromatic rings. The molecular weight excluding hydrogens is 170 g/mol. The Morgan fingerprint density at radius 2 is 1.93 bits per heavy atom. The topological polar surface area (TPSA) is 12.4 Å². The smallest absolute Gasteiger partial charge is 0.0533 e. The summed E-state index contributed by atoms with van der Waals surface area (Å²) >= 11 is 0. The zero-order valence-corrected chi connectivity index (χ0v) is 10.2. The van der Waals surface area contributed by atoms with Gasteiger partial charge >= 0.3 is 0 Å². The van der Waals surface area contributed by atoms with Crippen LogP contribution in [0.1, 0.15) is 41.0 Å². The van der Waals surface area contributed by atoms with Crippen LogP contribution in [0, 0.1) is 17.3 Å². The van der Waals surface area contributed by atoms with Crippen LogP contribution in [0.2, 0.25) is 0 Å². The molecule has 1 nitrogen and oxygen atoms in total. The van der Waals surface area contributed by atoms with Gasteiger partial charge in [0.2, 0.25) is 0 Å². The molecule has 0 radical (unpaired) electrons. The molecule has 1 saturated carbocycles. The van der Waals surface area contributed by atoms with Crippen LogP contribution in [0.25, 0.3) is 0 Å². The van der Waals surface area contributed by atoms with Gasteiger partial charge in [-0.25, -0.2) is 0 Å². The Labute approximate surface area is 88.3 Å². The van der Waals surface area contributed by atoms with Crippen LogP contribution in [0.15, 0.2) is 17.6 Å². The van der Waals surface area contributed by atoms with Crippen LogP contribution < -0.4 is 0 Å². The molecule has 1 fully saturated rings. The van der Waals surface area contributed by atoms with Gasteiger partial charge in [-0.2, -0.15) is 0 Å². The van der Waals surface area contributed by atoms with E-state index in [1.807, 2.05) is 6.08 Å². The molecule has 80 valence electrons. The van der Waals surface area contributed by atoms with E-state index in [4.69, 9.17) is 4.99 Å². The SMILES string of the molecule is C=C/C(=N\[C@@H]1C[C@@H](C)C1C)C(C)(C)C. The van der Waals surface area contributed by atoms with E-state index in [2.05, 4.69) is 41.2 Å². The fourth-order valence-corrected chi connectivity index (χ4v) is 1.90. The molecule has 14 heavy (non-hydrogen) atoms. The quantitative estimate of drug-likeness (QED) is 0.593. The van der Waals surface area contributed by atoms with Crippen molar-refractivity contribution in [3.8, 4) is 0 Å². The number of nitrogens with zero attached hydrogens (tertiary/aromatic N) is 1. The van der Waals surface area contributed by atoms with Gasteiger partial charge in [-0.05, 0) is 24.3 Å². The Bertz CT molecular complexity index is 244. The Balaban J connectivity index is 2.71. The highest BCUT2D eigenvalue weighted by Crippen LogP contribution is 2.37. The highest BCUT2D eigenvalue weighted by atomic mass is 14.8. The van der Waals surface area contributed by atoms with Crippen LogP contribution in [-0.4, -0.2) is 11.8 Å². The van der Waals surface area contributed by atoms with E-state index in [1.54, 1.807) is 0 Å². The van der Waals surface area contributed by atoms with Crippen molar-refractivity contribution in [3.05, 3.63) is 12.7 Å². The van der Waals surface area contributed by atoms with Crippen molar-refractivity contribution >= 4 is 5.71 Å². The maximum atomic E-state index is 4.80. The van der Waals surface area contributed by atoms with Crippen molar-refractivity contribution in [1.82, 2.24) is 0 Å². The van der Waals surface area contributed by atoms with Crippen LogP contribution in [-0.2, 0) is 0 Å². The first kappa shape index (κ1) is 11.5. The molecule has 1 aliphatic carbocycles. The molecule has 0 aliphatic heterocycles. The maximum absolute atomic E-state index is 4.80. The molecular formula is C13H23N. The highest BCUT2D eigenvalue weighted by molar-refractivity contribution is 5.98. The lowest BCUT2D eigenvalue weighted by Gasteiger charge is -2.39. The summed E-state index contributed by atoms with van der Waals surface area (Å²) in [4.78, 5) is 4.80. The Hall–Kier alpha value is -0.590. The van der Waals surface area contributed by atoms with Gasteiger partial charge in [0.15, 0.2) is 0 Å². The Kier molecular flexibility index (Phi) is 3.18. The van der Waals surface area contributed by atoms with Gasteiger partial charge in [-0.15, -0.1) is 0 Å². The molecule has 0 aromatic heterocycles. The second-order valence-electron chi connectivity index (χ2n) is 5.61. The molecule has 0 saturated heterocycles. The normalized spacial score (nSPS) is 33.8. The molecule has 1 aliphatic rings. The predicted molar refractivity (Wildman–Crippen MR) is 63.8 cm³/mol. The summed E-state index contributed by atoms with van der Waals surface area (Å²) in [6.45, 7) is 15.0. The molecule has 0 heterocycles. The van der Waals surface area contributed by atoms with E-state index < -0.39 is 0 Å². The van der Waals surface area contributed by atoms with Crippen LogP contribution in [0.3, 0.4) is 0 Å². The van der Waals surface area contributed by atoms with Crippen LogP contribution >= 0.6 is 0 Å². The molecule has 1 rings (SSSR count). The highest BCUT2D eigenvalue weighted by Gasteiger charge is 2.34. The van der Waals surface area contributed by atoms with Gasteiger partial charge in [0.25, 0.3) is 0 Å². The van der Waals surface area contributed by atoms with Gasteiger partial charge in [-0.1, -0.05) is 41.2 Å². The van der Waals surface area contributed by atoms with Gasteiger partial charge in [0.05, 0.1) is 6.04 Å². The number of hydrogen-bond acceptors (Lipinski definition) is 1. The summed E-state index contributed by atoms with van der Waals surface area (Å²) in [7, 11) is 0. The molecule has 0 N–H and O–H groups in total. The number of hydrogen-bond donors (Lipinski definition) is 0. The minimum atomic E-state index is 0.139. The fourth-order valence-electron chi connectivity index (χ4n) is 1.90. The van der Waals surface area contributed by atoms with E-state index >= 15 is 0 Å². The molecule has 1 heteroatoms. The minimum absolute atomic E-state index is 0.139. The first-order valence-electron chi connectivity index (χ1n) is 5.57. The molecule has 0 aromatic carbocycles. The van der Waals surface area contributed by atoms with Crippen molar-refractivity contribution in [3.63, 3.8) is 0 Å². The third-order valence-electron chi connectivity index (χ3n) is 3.38. The van der Waals surface area contributed by atoms with Crippen molar-refractivity contribution in [2.24, 2.45) is 22.2 Å². The summed E-state index contributed by atoms with van der Waals surface area (Å²) in [5.74, 6) is 1.59. The fraction of sp³-hybridized carbons (Fsp3) is 0.769.